The Balaban J connectivity index is 1.37. The Labute approximate surface area is 605 Å². The molecule has 0 bridgehead atoms. The Morgan fingerprint density at radius 2 is 0.693 bits per heavy atom. The van der Waals surface area contributed by atoms with Crippen LogP contribution >= 0.6 is 0 Å². The van der Waals surface area contributed by atoms with Crippen LogP contribution in [0.3, 0.4) is 0 Å². The summed E-state index contributed by atoms with van der Waals surface area (Å²) in [7, 11) is 0. The highest BCUT2D eigenvalue weighted by Gasteiger charge is 2.53. The van der Waals surface area contributed by atoms with Crippen LogP contribution in [0.2, 0.25) is 0 Å². The number of nitrogens with one attached hydrogen (secondary N) is 1. The van der Waals surface area contributed by atoms with E-state index in [-0.39, 0.29) is 18.9 Å². The summed E-state index contributed by atoms with van der Waals surface area (Å²) in [6.07, 6.45) is 62.2. The van der Waals surface area contributed by atoms with Gasteiger partial charge < -0.3 is 89.9 Å². The number of allylic oxidation sites excluding steroid dienone is 25. The second-order valence-electron chi connectivity index (χ2n) is 26.4. The van der Waals surface area contributed by atoms with E-state index >= 15 is 0 Å². The van der Waals surface area contributed by atoms with E-state index in [9.17, 15) is 61.0 Å². The number of amides is 1. The molecule has 0 aromatic heterocycles. The molecule has 3 rings (SSSR count). The van der Waals surface area contributed by atoms with E-state index in [4.69, 9.17) is 28.4 Å². The average Bonchev–Trinajstić information content (AvgIpc) is 0.792. The van der Waals surface area contributed by atoms with Gasteiger partial charge in [-0.3, -0.25) is 4.79 Å². The number of ether oxygens (including phenoxy) is 6. The molecule has 1 amide bonds. The molecule has 0 saturated carbocycles. The molecule has 17 unspecified atom stereocenters. The predicted octanol–water partition coefficient (Wildman–Crippen LogP) is 12.1. The number of unbranched alkanes of at least 4 members (excludes halogenated alkanes) is 17. The van der Waals surface area contributed by atoms with Crippen LogP contribution in [0.1, 0.15) is 219 Å². The first-order chi connectivity index (χ1) is 49.3. The van der Waals surface area contributed by atoms with Gasteiger partial charge in [0, 0.05) is 6.42 Å². The molecule has 3 aliphatic heterocycles. The topological polar surface area (TPSA) is 307 Å². The monoisotopic (exact) mass is 1420 g/mol. The molecule has 3 saturated heterocycles. The van der Waals surface area contributed by atoms with E-state index in [1.54, 1.807) is 6.08 Å². The summed E-state index contributed by atoms with van der Waals surface area (Å²) in [5.41, 5.74) is 0. The van der Waals surface area contributed by atoms with Gasteiger partial charge >= 0.3 is 0 Å². The minimum Gasteiger partial charge on any atom is -0.394 e. The fourth-order valence-electron chi connectivity index (χ4n) is 11.7. The highest BCUT2D eigenvalue weighted by atomic mass is 16.8. The van der Waals surface area contributed by atoms with Crippen molar-refractivity contribution in [2.75, 3.05) is 26.4 Å². The van der Waals surface area contributed by atoms with Gasteiger partial charge in [0.1, 0.15) is 73.2 Å². The van der Waals surface area contributed by atoms with Crippen molar-refractivity contribution in [1.29, 1.82) is 0 Å². The van der Waals surface area contributed by atoms with Gasteiger partial charge in [0.15, 0.2) is 18.9 Å². The first kappa shape index (κ1) is 90.6. The number of carbonyl (C=O) groups excluding carboxylic acids is 1. The van der Waals surface area contributed by atoms with Crippen molar-refractivity contribution < 1.29 is 89.4 Å². The summed E-state index contributed by atoms with van der Waals surface area (Å²) in [4.78, 5) is 13.4. The molecule has 574 valence electrons. The highest BCUT2D eigenvalue weighted by molar-refractivity contribution is 5.76. The zero-order valence-electron chi connectivity index (χ0n) is 61.1. The van der Waals surface area contributed by atoms with Gasteiger partial charge in [-0.2, -0.15) is 0 Å². The maximum Gasteiger partial charge on any atom is 0.220 e. The maximum absolute atomic E-state index is 13.4. The highest BCUT2D eigenvalue weighted by Crippen LogP contribution is 2.33. The quantitative estimate of drug-likeness (QED) is 0.0199. The van der Waals surface area contributed by atoms with E-state index in [0.29, 0.717) is 12.8 Å². The number of aliphatic hydroxyl groups excluding tert-OH is 11. The molecular formula is C82H133NO18. The zero-order valence-corrected chi connectivity index (χ0v) is 61.1. The van der Waals surface area contributed by atoms with Crippen molar-refractivity contribution in [2.24, 2.45) is 0 Å². The number of aliphatic hydroxyl groups is 11. The largest absolute Gasteiger partial charge is 0.394 e. The fraction of sp³-hybridized carbons (Fsp3) is 0.671. The van der Waals surface area contributed by atoms with E-state index in [1.165, 1.54) is 51.4 Å². The molecule has 12 N–H and O–H groups in total. The lowest BCUT2D eigenvalue weighted by molar-refractivity contribution is -0.379. The molecule has 0 aliphatic carbocycles. The molecule has 3 heterocycles. The fourth-order valence-corrected chi connectivity index (χ4v) is 11.7. The van der Waals surface area contributed by atoms with Gasteiger partial charge in [-0.1, -0.05) is 249 Å². The summed E-state index contributed by atoms with van der Waals surface area (Å²) in [5.74, 6) is -0.305. The summed E-state index contributed by atoms with van der Waals surface area (Å²) in [6, 6.07) is -1.01. The SMILES string of the molecule is CC/C=C\C/C=C\C/C=C\C/C=C\C/C=C\C/C=C\C/C=C\C/C=C\C/C=C\C/C=C\CCCCCCCCCCC(=O)NC(COC1OC(CO)C(OC2OC(CO)C(OC3OC(CO)C(O)C(O)C3O)C(O)C2O)C(O)C1O)C(O)/C=C/CC/C=C/CC/C=C/CCCCCCCCC. The lowest BCUT2D eigenvalue weighted by atomic mass is 9.96. The molecule has 3 aliphatic rings. The average molecular weight is 1420 g/mol. The third kappa shape index (κ3) is 41.0. The first-order valence-corrected chi connectivity index (χ1v) is 38.2. The van der Waals surface area contributed by atoms with Gasteiger partial charge in [0.05, 0.1) is 38.6 Å². The van der Waals surface area contributed by atoms with E-state index in [0.717, 1.165) is 135 Å². The molecular weight excluding hydrogens is 1290 g/mol. The van der Waals surface area contributed by atoms with Crippen molar-refractivity contribution >= 4 is 5.91 Å². The minimum atomic E-state index is -1.99. The molecule has 0 aromatic carbocycles. The third-order valence-electron chi connectivity index (χ3n) is 17.8. The van der Waals surface area contributed by atoms with Crippen molar-refractivity contribution in [3.8, 4) is 0 Å². The van der Waals surface area contributed by atoms with Crippen LogP contribution in [-0.4, -0.2) is 193 Å². The minimum absolute atomic E-state index is 0.211. The molecule has 101 heavy (non-hydrogen) atoms. The molecule has 0 spiro atoms. The summed E-state index contributed by atoms with van der Waals surface area (Å²) >= 11 is 0. The second kappa shape index (κ2) is 60.7. The Kier molecular flexibility index (Phi) is 54.4. The Morgan fingerprint density at radius 3 is 1.11 bits per heavy atom. The van der Waals surface area contributed by atoms with Crippen molar-refractivity contribution in [2.45, 2.75) is 324 Å². The van der Waals surface area contributed by atoms with E-state index in [2.05, 4.69) is 165 Å². The van der Waals surface area contributed by atoms with Crippen molar-refractivity contribution in [3.63, 3.8) is 0 Å². The maximum atomic E-state index is 13.4. The molecule has 19 nitrogen and oxygen atoms in total. The molecule has 0 aromatic rings. The molecule has 19 heteroatoms. The van der Waals surface area contributed by atoms with E-state index < -0.39 is 124 Å². The van der Waals surface area contributed by atoms with Crippen LogP contribution in [0.5, 0.6) is 0 Å². The van der Waals surface area contributed by atoms with Crippen LogP contribution in [0.4, 0.5) is 0 Å². The smallest absolute Gasteiger partial charge is 0.220 e. The van der Waals surface area contributed by atoms with Gasteiger partial charge in [-0.25, -0.2) is 0 Å². The normalized spacial score (nSPS) is 27.2. The van der Waals surface area contributed by atoms with Gasteiger partial charge in [0.25, 0.3) is 0 Å². The standard InChI is InChI=1S/C82H133NO18/c1-3-5-7-9-11-13-15-17-19-21-22-23-24-25-26-27-28-29-30-31-32-33-34-35-36-37-38-39-40-41-42-44-46-48-50-52-54-56-58-60-70(88)83-65(66(87)59-57-55-53-51-49-47-45-43-20-18-16-14-12-10-8-6-4-2)64-96-80-76(94)73(91)78(68(62-85)98-80)101-82-77(95)74(92)79(69(63-86)99-82)100-81-75(93)72(90)71(89)67(61-84)97-81/h5,7,11,13,17,19-20,22-23,25-26,28-29,31-32,34-35,37-38,40-41,43,49,51,57,59,65-69,71-82,84-87,89-95H,3-4,6,8-10,12,14-16,18,21,24,27,30,33,36,39,42,44-48,50,52-56,58,60-64H2,1-2H3,(H,83,88)/b7-5-,13-11-,19-17-,23-22-,26-25-,29-28-,32-31-,35-34-,38-37-,41-40-,43-20+,51-49+,59-57+. The van der Waals surface area contributed by atoms with Crippen molar-refractivity contribution in [1.82, 2.24) is 5.32 Å². The lowest BCUT2D eigenvalue weighted by Crippen LogP contribution is -2.66. The summed E-state index contributed by atoms with van der Waals surface area (Å²) in [6.45, 7) is 1.56. The van der Waals surface area contributed by atoms with Gasteiger partial charge in [-0.05, 0) is 122 Å². The number of hydrogen-bond donors (Lipinski definition) is 12. The van der Waals surface area contributed by atoms with Crippen LogP contribution in [0.25, 0.3) is 0 Å². The summed E-state index contributed by atoms with van der Waals surface area (Å²) in [5, 5.41) is 121. The summed E-state index contributed by atoms with van der Waals surface area (Å²) < 4.78 is 34.3. The Hall–Kier alpha value is -4.59. The van der Waals surface area contributed by atoms with Gasteiger partial charge in [0.2, 0.25) is 5.91 Å². The number of carbonyl (C=O) groups is 1. The van der Waals surface area contributed by atoms with Crippen LogP contribution < -0.4 is 5.32 Å². The first-order valence-electron chi connectivity index (χ1n) is 38.2. The van der Waals surface area contributed by atoms with Crippen LogP contribution in [0.15, 0.2) is 158 Å². The zero-order chi connectivity index (χ0) is 73.2. The lowest BCUT2D eigenvalue weighted by Gasteiger charge is -2.48. The Bertz CT molecular complexity index is 2440. The van der Waals surface area contributed by atoms with Gasteiger partial charge in [-0.15, -0.1) is 0 Å². The molecule has 3 fully saturated rings. The second-order valence-corrected chi connectivity index (χ2v) is 26.4. The van der Waals surface area contributed by atoms with E-state index in [1.807, 2.05) is 6.08 Å². The predicted molar refractivity (Wildman–Crippen MR) is 401 cm³/mol. The Morgan fingerprint density at radius 1 is 0.366 bits per heavy atom. The number of hydrogen-bond acceptors (Lipinski definition) is 18. The molecule has 0 radical (unpaired) electrons. The van der Waals surface area contributed by atoms with Crippen LogP contribution in [0, 0.1) is 0 Å². The molecule has 17 atom stereocenters. The third-order valence-corrected chi connectivity index (χ3v) is 17.8. The number of rotatable bonds is 57. The van der Waals surface area contributed by atoms with Crippen molar-refractivity contribution in [3.05, 3.63) is 158 Å². The van der Waals surface area contributed by atoms with Crippen LogP contribution in [-0.2, 0) is 33.2 Å².